The van der Waals surface area contributed by atoms with Gasteiger partial charge >= 0.3 is 17.9 Å². The summed E-state index contributed by atoms with van der Waals surface area (Å²) in [7, 11) is 0. The van der Waals surface area contributed by atoms with Crippen LogP contribution in [0.2, 0.25) is 0 Å². The molecule has 0 heterocycles. The Balaban J connectivity index is 4.70. The molecule has 0 aromatic rings. The minimum Gasteiger partial charge on any atom is -0.462 e. The van der Waals surface area contributed by atoms with Gasteiger partial charge in [-0.1, -0.05) is 185 Å². The topological polar surface area (TPSA) is 78.9 Å². The van der Waals surface area contributed by atoms with Crippen molar-refractivity contribution < 1.29 is 28.6 Å². The lowest BCUT2D eigenvalue weighted by molar-refractivity contribution is -0.167. The van der Waals surface area contributed by atoms with E-state index in [2.05, 4.69) is 75.5 Å². The number of carbonyl (C=O) groups is 3. The number of carbonyl (C=O) groups excluding carboxylic acids is 3. The average Bonchev–Trinajstić information content (AvgIpc) is 3.21. The zero-order chi connectivity index (χ0) is 41.5. The number of esters is 3. The van der Waals surface area contributed by atoms with Crippen LogP contribution in [0, 0.1) is 0 Å². The van der Waals surface area contributed by atoms with Gasteiger partial charge in [0.25, 0.3) is 0 Å². The first-order valence-corrected chi connectivity index (χ1v) is 21.1. The standard InChI is InChI=1S/C51H72O6/c1-4-7-10-13-16-19-22-24-25-27-29-32-35-38-41-44-50(53)56-47-48(46-55-49(52)43-40-37-34-31-28-21-18-15-12-9-6-3)57-51(54)45-42-39-36-33-30-26-23-20-17-14-11-8-5-2/h7-14,16-27,29-31,33-34,36,48H,4-6,15,28,32,35,37-47H2,1-3H3/b10-7-,11-8-,12-9-,16-13-,17-14-,21-18-,22-19-,23-20-,25-24-,29-27-,30-26-,34-31-,36-33-. The van der Waals surface area contributed by atoms with E-state index in [1.807, 2.05) is 103 Å². The van der Waals surface area contributed by atoms with E-state index in [0.29, 0.717) is 25.7 Å². The molecular weight excluding hydrogens is 709 g/mol. The SMILES string of the molecule is CC\C=C/C=C\C=C/C=C\C=C/CCCCCC(=O)OCC(COC(=O)CCC/C=C\C/C=C\C/C=C\CC)OC(=O)CCC\C=C/C=C\C=C/C=C\C=C/CC. The van der Waals surface area contributed by atoms with Crippen molar-refractivity contribution in [1.82, 2.24) is 0 Å². The number of allylic oxidation sites excluding steroid dienone is 26. The summed E-state index contributed by atoms with van der Waals surface area (Å²) >= 11 is 0. The van der Waals surface area contributed by atoms with Crippen LogP contribution >= 0.6 is 0 Å². The molecule has 57 heavy (non-hydrogen) atoms. The molecule has 0 radical (unpaired) electrons. The normalized spacial score (nSPS) is 13.7. The Morgan fingerprint density at radius 3 is 1.23 bits per heavy atom. The molecule has 0 aliphatic heterocycles. The molecule has 0 aromatic heterocycles. The summed E-state index contributed by atoms with van der Waals surface area (Å²) in [5, 5.41) is 0. The molecule has 6 nitrogen and oxygen atoms in total. The third kappa shape index (κ3) is 42.0. The summed E-state index contributed by atoms with van der Waals surface area (Å²) in [5.41, 5.74) is 0. The number of ether oxygens (including phenoxy) is 3. The lowest BCUT2D eigenvalue weighted by atomic mass is 10.1. The Labute approximate surface area is 346 Å². The molecule has 1 unspecified atom stereocenters. The van der Waals surface area contributed by atoms with Gasteiger partial charge in [0, 0.05) is 19.3 Å². The highest BCUT2D eigenvalue weighted by molar-refractivity contribution is 5.71. The lowest BCUT2D eigenvalue weighted by Crippen LogP contribution is -2.30. The maximum atomic E-state index is 12.7. The van der Waals surface area contributed by atoms with Crippen LogP contribution in [0.15, 0.2) is 158 Å². The first kappa shape index (κ1) is 52.0. The van der Waals surface area contributed by atoms with Gasteiger partial charge in [0.2, 0.25) is 0 Å². The Morgan fingerprint density at radius 1 is 0.368 bits per heavy atom. The van der Waals surface area contributed by atoms with Gasteiger partial charge in [-0.25, -0.2) is 0 Å². The second-order valence-electron chi connectivity index (χ2n) is 13.0. The lowest BCUT2D eigenvalue weighted by Gasteiger charge is -2.18. The molecule has 6 heteroatoms. The molecule has 0 amide bonds. The van der Waals surface area contributed by atoms with Crippen molar-refractivity contribution in [3.63, 3.8) is 0 Å². The molecule has 312 valence electrons. The molecule has 0 saturated heterocycles. The minimum atomic E-state index is -0.858. The maximum absolute atomic E-state index is 12.7. The van der Waals surface area contributed by atoms with E-state index in [1.54, 1.807) is 0 Å². The Morgan fingerprint density at radius 2 is 0.737 bits per heavy atom. The molecule has 1 atom stereocenters. The molecule has 0 aliphatic carbocycles. The molecule has 0 aliphatic rings. The molecule has 0 bridgehead atoms. The largest absolute Gasteiger partial charge is 0.462 e. The summed E-state index contributed by atoms with van der Waals surface area (Å²) in [6.07, 6.45) is 63.8. The summed E-state index contributed by atoms with van der Waals surface area (Å²) in [6.45, 7) is 6.02. The Hall–Kier alpha value is -4.97. The van der Waals surface area contributed by atoms with Crippen LogP contribution in [0.3, 0.4) is 0 Å². The minimum absolute atomic E-state index is 0.153. The van der Waals surface area contributed by atoms with E-state index in [-0.39, 0.29) is 44.4 Å². The van der Waals surface area contributed by atoms with Crippen LogP contribution in [-0.4, -0.2) is 37.2 Å². The fraction of sp³-hybridized carbons (Fsp3) is 0.431. The van der Waals surface area contributed by atoms with Gasteiger partial charge in [-0.05, 0) is 77.0 Å². The van der Waals surface area contributed by atoms with Gasteiger partial charge in [0.1, 0.15) is 13.2 Å². The second kappa shape index (κ2) is 43.8. The molecule has 0 N–H and O–H groups in total. The second-order valence-corrected chi connectivity index (χ2v) is 13.0. The van der Waals surface area contributed by atoms with Gasteiger partial charge in [0.05, 0.1) is 0 Å². The van der Waals surface area contributed by atoms with Crippen molar-refractivity contribution >= 4 is 17.9 Å². The predicted molar refractivity (Wildman–Crippen MR) is 242 cm³/mol. The van der Waals surface area contributed by atoms with Crippen LogP contribution in [0.5, 0.6) is 0 Å². The van der Waals surface area contributed by atoms with Gasteiger partial charge in [-0.2, -0.15) is 0 Å². The summed E-state index contributed by atoms with van der Waals surface area (Å²) in [5.74, 6) is -1.15. The van der Waals surface area contributed by atoms with Gasteiger partial charge in [-0.15, -0.1) is 0 Å². The predicted octanol–water partition coefficient (Wildman–Crippen LogP) is 13.5. The fourth-order valence-electron chi connectivity index (χ4n) is 4.69. The number of hydrogen-bond acceptors (Lipinski definition) is 6. The van der Waals surface area contributed by atoms with Crippen molar-refractivity contribution in [3.8, 4) is 0 Å². The Bertz CT molecular complexity index is 1410. The zero-order valence-corrected chi connectivity index (χ0v) is 35.3. The zero-order valence-electron chi connectivity index (χ0n) is 35.3. The molecule has 0 rings (SSSR count). The smallest absolute Gasteiger partial charge is 0.306 e. The maximum Gasteiger partial charge on any atom is 0.306 e. The van der Waals surface area contributed by atoms with E-state index < -0.39 is 12.1 Å². The van der Waals surface area contributed by atoms with Crippen molar-refractivity contribution in [2.24, 2.45) is 0 Å². The highest BCUT2D eigenvalue weighted by Gasteiger charge is 2.19. The third-order valence-electron chi connectivity index (χ3n) is 7.76. The van der Waals surface area contributed by atoms with E-state index in [0.717, 1.165) is 57.8 Å². The average molecular weight is 781 g/mol. The highest BCUT2D eigenvalue weighted by atomic mass is 16.6. The van der Waals surface area contributed by atoms with E-state index in [1.165, 1.54) is 0 Å². The van der Waals surface area contributed by atoms with Gasteiger partial charge in [-0.3, -0.25) is 14.4 Å². The molecule has 0 spiro atoms. The first-order valence-electron chi connectivity index (χ1n) is 21.1. The number of hydrogen-bond donors (Lipinski definition) is 0. The third-order valence-corrected chi connectivity index (χ3v) is 7.76. The summed E-state index contributed by atoms with van der Waals surface area (Å²) < 4.78 is 16.5. The molecule has 0 fully saturated rings. The van der Waals surface area contributed by atoms with Crippen LogP contribution in [0.25, 0.3) is 0 Å². The Kier molecular flexibility index (Phi) is 39.9. The van der Waals surface area contributed by atoms with Crippen LogP contribution in [0.1, 0.15) is 124 Å². The molecule has 0 saturated carbocycles. The van der Waals surface area contributed by atoms with E-state index in [9.17, 15) is 14.4 Å². The van der Waals surface area contributed by atoms with E-state index >= 15 is 0 Å². The van der Waals surface area contributed by atoms with Crippen molar-refractivity contribution in [2.45, 2.75) is 130 Å². The molecule has 0 aromatic carbocycles. The molecular formula is C51H72O6. The van der Waals surface area contributed by atoms with Crippen molar-refractivity contribution in [1.29, 1.82) is 0 Å². The highest BCUT2D eigenvalue weighted by Crippen LogP contribution is 2.09. The van der Waals surface area contributed by atoms with Crippen LogP contribution in [-0.2, 0) is 28.6 Å². The first-order chi connectivity index (χ1) is 28.0. The number of unbranched alkanes of at least 4 members (excludes halogenated alkanes) is 5. The number of rotatable bonds is 34. The quantitative estimate of drug-likeness (QED) is 0.0213. The van der Waals surface area contributed by atoms with E-state index in [4.69, 9.17) is 14.2 Å². The van der Waals surface area contributed by atoms with Crippen LogP contribution in [0.4, 0.5) is 0 Å². The van der Waals surface area contributed by atoms with Crippen molar-refractivity contribution in [2.75, 3.05) is 13.2 Å². The monoisotopic (exact) mass is 781 g/mol. The van der Waals surface area contributed by atoms with Gasteiger partial charge in [0.15, 0.2) is 6.10 Å². The summed E-state index contributed by atoms with van der Waals surface area (Å²) in [6, 6.07) is 0. The van der Waals surface area contributed by atoms with Crippen molar-refractivity contribution in [3.05, 3.63) is 158 Å². The fourth-order valence-corrected chi connectivity index (χ4v) is 4.69. The van der Waals surface area contributed by atoms with Crippen LogP contribution < -0.4 is 0 Å². The van der Waals surface area contributed by atoms with Gasteiger partial charge < -0.3 is 14.2 Å². The summed E-state index contributed by atoms with van der Waals surface area (Å²) in [4.78, 5) is 37.6.